The number of morpholine rings is 1. The van der Waals surface area contributed by atoms with Crippen LogP contribution in [0.2, 0.25) is 0 Å². The summed E-state index contributed by atoms with van der Waals surface area (Å²) in [4.78, 5) is 7.61. The summed E-state index contributed by atoms with van der Waals surface area (Å²) in [6.45, 7) is 9.87. The summed E-state index contributed by atoms with van der Waals surface area (Å²) in [5, 5.41) is 17.2. The quantitative estimate of drug-likeness (QED) is 0.653. The van der Waals surface area contributed by atoms with Gasteiger partial charge in [-0.3, -0.25) is 4.90 Å². The maximum Gasteiger partial charge on any atom is 0.153 e. The molecule has 1 N–H and O–H groups in total. The van der Waals surface area contributed by atoms with Crippen molar-refractivity contribution in [3.63, 3.8) is 0 Å². The van der Waals surface area contributed by atoms with Gasteiger partial charge in [-0.25, -0.2) is 9.67 Å². The molecule has 8 heteroatoms. The van der Waals surface area contributed by atoms with Crippen LogP contribution in [0.3, 0.4) is 0 Å². The third kappa shape index (κ3) is 4.47. The zero-order valence-corrected chi connectivity index (χ0v) is 20.9. The van der Waals surface area contributed by atoms with Gasteiger partial charge in [0.15, 0.2) is 11.6 Å². The second kappa shape index (κ2) is 8.86. The van der Waals surface area contributed by atoms with E-state index in [1.165, 1.54) is 57.9 Å². The molecule has 2 bridgehead atoms. The summed E-state index contributed by atoms with van der Waals surface area (Å²) in [6, 6.07) is 3.84. The van der Waals surface area contributed by atoms with Gasteiger partial charge in [-0.2, -0.15) is 10.2 Å². The van der Waals surface area contributed by atoms with E-state index in [1.807, 2.05) is 10.9 Å². The largest absolute Gasteiger partial charge is 0.378 e. The fourth-order valence-corrected chi connectivity index (χ4v) is 6.16. The van der Waals surface area contributed by atoms with Gasteiger partial charge in [-0.15, -0.1) is 5.10 Å². The molecule has 2 aliphatic carbocycles. The highest BCUT2D eigenvalue weighted by molar-refractivity contribution is 5.44. The molecule has 0 unspecified atom stereocenters. The van der Waals surface area contributed by atoms with Crippen LogP contribution in [0, 0.1) is 5.41 Å². The minimum absolute atomic E-state index is 0.315. The minimum Gasteiger partial charge on any atom is -0.378 e. The molecule has 2 aromatic rings. The Morgan fingerprint density at radius 3 is 2.50 bits per heavy atom. The number of rotatable bonds is 7. The molecule has 0 spiro atoms. The maximum absolute atomic E-state index is 5.80. The van der Waals surface area contributed by atoms with Crippen LogP contribution in [-0.2, 0) is 4.74 Å². The van der Waals surface area contributed by atoms with Gasteiger partial charge in [0, 0.05) is 42.6 Å². The van der Waals surface area contributed by atoms with Gasteiger partial charge in [-0.1, -0.05) is 20.8 Å². The average Bonchev–Trinajstić information content (AvgIpc) is 3.54. The first-order chi connectivity index (χ1) is 16.5. The number of hydrogen-bond acceptors (Lipinski definition) is 7. The Bertz CT molecular complexity index is 992. The van der Waals surface area contributed by atoms with Gasteiger partial charge < -0.3 is 10.1 Å². The van der Waals surface area contributed by atoms with Crippen molar-refractivity contribution in [3.05, 3.63) is 23.9 Å². The minimum atomic E-state index is 0.315. The Hall–Kier alpha value is -2.06. The Balaban J connectivity index is 1.10. The van der Waals surface area contributed by atoms with E-state index in [0.29, 0.717) is 35.4 Å². The zero-order valence-electron chi connectivity index (χ0n) is 20.9. The lowest BCUT2D eigenvalue weighted by Gasteiger charge is -2.44. The molecular formula is C26H39N7O. The number of hydrogen-bond donors (Lipinski definition) is 1. The molecular weight excluding hydrogens is 426 g/mol. The molecule has 2 saturated carbocycles. The highest BCUT2D eigenvalue weighted by Crippen LogP contribution is 2.42. The maximum atomic E-state index is 5.80. The summed E-state index contributed by atoms with van der Waals surface area (Å²) in [5.74, 6) is 3.68. The fourth-order valence-electron chi connectivity index (χ4n) is 6.16. The molecule has 4 heterocycles. The summed E-state index contributed by atoms with van der Waals surface area (Å²) >= 11 is 0. The number of aromatic nitrogens is 5. The third-order valence-electron chi connectivity index (χ3n) is 8.49. The van der Waals surface area contributed by atoms with Crippen LogP contribution in [0.25, 0.3) is 5.69 Å². The second-order valence-corrected chi connectivity index (χ2v) is 11.8. The van der Waals surface area contributed by atoms with Crippen molar-refractivity contribution in [1.82, 2.24) is 29.9 Å². The van der Waals surface area contributed by atoms with E-state index < -0.39 is 0 Å². The van der Waals surface area contributed by atoms with Crippen LogP contribution >= 0.6 is 0 Å². The SMILES string of the molecule is CC(C)c1nc(C2CC2)n(-c2cnnc(NC3CCC(C)(CN4[C@@H]5CC[C@H]4COC5)CC3)c2)n1. The van der Waals surface area contributed by atoms with Gasteiger partial charge in [0.2, 0.25) is 0 Å². The Kier molecular flexibility index (Phi) is 5.84. The summed E-state index contributed by atoms with van der Waals surface area (Å²) in [6.07, 6.45) is 11.7. The van der Waals surface area contributed by atoms with Gasteiger partial charge in [0.05, 0.1) is 25.1 Å². The van der Waals surface area contributed by atoms with Crippen LogP contribution in [0.5, 0.6) is 0 Å². The molecule has 34 heavy (non-hydrogen) atoms. The Morgan fingerprint density at radius 1 is 1.09 bits per heavy atom. The van der Waals surface area contributed by atoms with Gasteiger partial charge >= 0.3 is 0 Å². The van der Waals surface area contributed by atoms with Crippen molar-refractivity contribution < 1.29 is 4.74 Å². The summed E-state index contributed by atoms with van der Waals surface area (Å²) in [7, 11) is 0. The van der Waals surface area contributed by atoms with Crippen LogP contribution in [0.1, 0.15) is 95.6 Å². The van der Waals surface area contributed by atoms with E-state index >= 15 is 0 Å². The van der Waals surface area contributed by atoms with Crippen molar-refractivity contribution >= 4 is 5.82 Å². The van der Waals surface area contributed by atoms with Crippen LogP contribution in [0.15, 0.2) is 12.3 Å². The molecule has 6 rings (SSSR count). The molecule has 2 aromatic heterocycles. The monoisotopic (exact) mass is 465 g/mol. The summed E-state index contributed by atoms with van der Waals surface area (Å²) in [5.41, 5.74) is 1.36. The molecule has 2 atom stereocenters. The zero-order chi connectivity index (χ0) is 23.3. The molecule has 0 aromatic carbocycles. The Morgan fingerprint density at radius 2 is 1.82 bits per heavy atom. The van der Waals surface area contributed by atoms with Crippen molar-refractivity contribution in [2.45, 2.75) is 102 Å². The second-order valence-electron chi connectivity index (χ2n) is 11.8. The molecule has 184 valence electrons. The number of nitrogens with one attached hydrogen (secondary N) is 1. The highest BCUT2D eigenvalue weighted by Gasteiger charge is 2.42. The lowest BCUT2D eigenvalue weighted by atomic mass is 9.73. The number of ether oxygens (including phenoxy) is 1. The van der Waals surface area contributed by atoms with E-state index in [9.17, 15) is 0 Å². The lowest BCUT2D eigenvalue weighted by Crippen LogP contribution is -2.51. The van der Waals surface area contributed by atoms with Crippen LogP contribution in [-0.4, -0.2) is 67.7 Å². The third-order valence-corrected chi connectivity index (χ3v) is 8.49. The van der Waals surface area contributed by atoms with Crippen molar-refractivity contribution in [1.29, 1.82) is 0 Å². The van der Waals surface area contributed by atoms with Crippen molar-refractivity contribution in [2.75, 3.05) is 25.1 Å². The van der Waals surface area contributed by atoms with Crippen molar-refractivity contribution in [3.8, 4) is 5.69 Å². The van der Waals surface area contributed by atoms with E-state index in [1.54, 1.807) is 0 Å². The first-order valence-electron chi connectivity index (χ1n) is 13.4. The number of anilines is 1. The smallest absolute Gasteiger partial charge is 0.153 e. The molecule has 2 aliphatic heterocycles. The predicted molar refractivity (Wildman–Crippen MR) is 131 cm³/mol. The normalized spacial score (nSPS) is 31.8. The molecule has 0 radical (unpaired) electrons. The van der Waals surface area contributed by atoms with E-state index in [-0.39, 0.29) is 0 Å². The number of fused-ring (bicyclic) bond motifs is 2. The molecule has 0 amide bonds. The van der Waals surface area contributed by atoms with E-state index in [0.717, 1.165) is 36.4 Å². The first-order valence-corrected chi connectivity index (χ1v) is 13.4. The molecule has 4 aliphatic rings. The van der Waals surface area contributed by atoms with Crippen LogP contribution in [0.4, 0.5) is 5.82 Å². The van der Waals surface area contributed by atoms with Crippen LogP contribution < -0.4 is 5.32 Å². The van der Waals surface area contributed by atoms with Crippen molar-refractivity contribution in [2.24, 2.45) is 5.41 Å². The van der Waals surface area contributed by atoms with Gasteiger partial charge in [0.25, 0.3) is 0 Å². The summed E-state index contributed by atoms with van der Waals surface area (Å²) < 4.78 is 7.80. The highest BCUT2D eigenvalue weighted by atomic mass is 16.5. The van der Waals surface area contributed by atoms with E-state index in [2.05, 4.69) is 47.3 Å². The standard InChI is InChI=1S/C26H39N7O/c1-17(2)24-29-25(18-4-5-18)33(31-24)22-12-23(30-27-13-22)28-19-8-10-26(3,11-9-19)16-32-20-6-7-21(32)15-34-14-20/h12-13,17-21H,4-11,14-16H2,1-3H3,(H,28,30)/t19?,20-,21+,26?. The number of nitrogens with zero attached hydrogens (tertiary/aromatic N) is 6. The Labute approximate surface area is 202 Å². The topological polar surface area (TPSA) is 81.0 Å². The van der Waals surface area contributed by atoms with Gasteiger partial charge in [0.1, 0.15) is 5.82 Å². The van der Waals surface area contributed by atoms with Gasteiger partial charge in [-0.05, 0) is 56.8 Å². The molecule has 8 nitrogen and oxygen atoms in total. The first kappa shape index (κ1) is 22.4. The van der Waals surface area contributed by atoms with E-state index in [4.69, 9.17) is 14.8 Å². The predicted octanol–water partition coefficient (Wildman–Crippen LogP) is 4.28. The lowest BCUT2D eigenvalue weighted by molar-refractivity contribution is -0.0373. The fraction of sp³-hybridized carbons (Fsp3) is 0.769. The molecule has 4 fully saturated rings. The average molecular weight is 466 g/mol. The molecule has 2 saturated heterocycles.